The molecule has 1 N–H and O–H groups in total. The van der Waals surface area contributed by atoms with Crippen molar-refractivity contribution in [2.45, 2.75) is 31.7 Å². The van der Waals surface area contributed by atoms with Gasteiger partial charge in [-0.15, -0.1) is 0 Å². The van der Waals surface area contributed by atoms with Crippen molar-refractivity contribution in [2.24, 2.45) is 0 Å². The van der Waals surface area contributed by atoms with Crippen LogP contribution in [0.2, 0.25) is 0 Å². The number of nitrogens with zero attached hydrogens (tertiary/aromatic N) is 1. The second kappa shape index (κ2) is 10.8. The van der Waals surface area contributed by atoms with Gasteiger partial charge in [0.2, 0.25) is 5.91 Å². The van der Waals surface area contributed by atoms with Gasteiger partial charge < -0.3 is 19.7 Å². The molecule has 6 heteroatoms. The van der Waals surface area contributed by atoms with Gasteiger partial charge in [0, 0.05) is 25.6 Å². The van der Waals surface area contributed by atoms with Crippen LogP contribution in [0.25, 0.3) is 0 Å². The normalized spacial score (nSPS) is 16.3. The summed E-state index contributed by atoms with van der Waals surface area (Å²) in [6.07, 6.45) is 3.35. The minimum atomic E-state index is -0.266. The van der Waals surface area contributed by atoms with Gasteiger partial charge in [-0.05, 0) is 67.8 Å². The highest BCUT2D eigenvalue weighted by molar-refractivity contribution is 5.78. The fraction of sp³-hybridized carbons (Fsp3) is 0.435. The van der Waals surface area contributed by atoms with Crippen LogP contribution in [0.15, 0.2) is 48.5 Å². The van der Waals surface area contributed by atoms with E-state index in [0.29, 0.717) is 31.4 Å². The van der Waals surface area contributed by atoms with E-state index in [9.17, 15) is 9.18 Å². The molecule has 0 radical (unpaired) electrons. The first kappa shape index (κ1) is 21.1. The van der Waals surface area contributed by atoms with Gasteiger partial charge in [-0.25, -0.2) is 4.39 Å². The van der Waals surface area contributed by atoms with E-state index in [4.69, 9.17) is 9.47 Å². The van der Waals surface area contributed by atoms with E-state index in [-0.39, 0.29) is 11.7 Å². The fourth-order valence-electron chi connectivity index (χ4n) is 3.61. The Kier molecular flexibility index (Phi) is 7.87. The molecular formula is C23H29FN2O3. The average molecular weight is 400 g/mol. The Balaban J connectivity index is 1.34. The molecule has 3 rings (SSSR count). The molecule has 1 atom stereocenters. The Hall–Kier alpha value is -2.60. The van der Waals surface area contributed by atoms with Crippen LogP contribution in [-0.4, -0.2) is 50.2 Å². The predicted molar refractivity (Wildman–Crippen MR) is 111 cm³/mol. The van der Waals surface area contributed by atoms with Gasteiger partial charge in [-0.3, -0.25) is 4.79 Å². The maximum absolute atomic E-state index is 12.9. The molecule has 1 heterocycles. The molecule has 5 nitrogen and oxygen atoms in total. The Labute approximate surface area is 171 Å². The first-order chi connectivity index (χ1) is 14.2. The number of hydrogen-bond acceptors (Lipinski definition) is 4. The minimum absolute atomic E-state index is 0.253. The van der Waals surface area contributed by atoms with Crippen molar-refractivity contribution in [2.75, 3.05) is 33.4 Å². The Morgan fingerprint density at radius 2 is 1.79 bits per heavy atom. The number of amides is 1. The molecule has 0 bridgehead atoms. The molecule has 0 aliphatic carbocycles. The molecule has 2 aromatic carbocycles. The van der Waals surface area contributed by atoms with Gasteiger partial charge in [0.05, 0.1) is 7.11 Å². The first-order valence-electron chi connectivity index (χ1n) is 10.2. The number of likely N-dealkylation sites (tertiary alicyclic amines) is 1. The van der Waals surface area contributed by atoms with Crippen molar-refractivity contribution in [1.29, 1.82) is 0 Å². The molecular weight excluding hydrogens is 371 g/mol. The number of halogens is 1. The minimum Gasteiger partial charge on any atom is -0.497 e. The standard InChI is InChI=1S/C23H29FN2O3/c1-28-21-7-2-18(3-8-21)13-16-26-20(6-11-23(26)27)12-14-25-15-17-29-22-9-4-19(24)5-10-22/h2-5,7-10,20,25H,6,11-17H2,1H3/t20-/m1/s1. The van der Waals surface area contributed by atoms with Gasteiger partial charge in [0.25, 0.3) is 0 Å². The summed E-state index contributed by atoms with van der Waals surface area (Å²) in [6.45, 7) is 2.83. The third-order valence-electron chi connectivity index (χ3n) is 5.27. The third kappa shape index (κ3) is 6.46. The molecule has 29 heavy (non-hydrogen) atoms. The van der Waals surface area contributed by atoms with Crippen LogP contribution in [0.1, 0.15) is 24.8 Å². The zero-order chi connectivity index (χ0) is 20.5. The van der Waals surface area contributed by atoms with Crippen molar-refractivity contribution < 1.29 is 18.7 Å². The zero-order valence-corrected chi connectivity index (χ0v) is 16.9. The van der Waals surface area contributed by atoms with E-state index in [1.54, 1.807) is 19.2 Å². The van der Waals surface area contributed by atoms with E-state index >= 15 is 0 Å². The van der Waals surface area contributed by atoms with E-state index in [2.05, 4.69) is 17.4 Å². The van der Waals surface area contributed by atoms with E-state index in [0.717, 1.165) is 38.1 Å². The third-order valence-corrected chi connectivity index (χ3v) is 5.27. The number of nitrogens with one attached hydrogen (secondary N) is 1. The molecule has 2 aromatic rings. The van der Waals surface area contributed by atoms with Gasteiger partial charge in [-0.1, -0.05) is 12.1 Å². The van der Waals surface area contributed by atoms with E-state index < -0.39 is 0 Å². The lowest BCUT2D eigenvalue weighted by atomic mass is 10.1. The summed E-state index contributed by atoms with van der Waals surface area (Å²) in [4.78, 5) is 14.3. The zero-order valence-electron chi connectivity index (χ0n) is 16.9. The van der Waals surface area contributed by atoms with Crippen LogP contribution in [0.3, 0.4) is 0 Å². The molecule has 0 unspecified atom stereocenters. The molecule has 0 saturated carbocycles. The quantitative estimate of drug-likeness (QED) is 0.587. The maximum atomic E-state index is 12.9. The lowest BCUT2D eigenvalue weighted by Gasteiger charge is -2.25. The van der Waals surface area contributed by atoms with Crippen molar-refractivity contribution in [3.05, 3.63) is 59.9 Å². The average Bonchev–Trinajstić information content (AvgIpc) is 3.10. The molecule has 1 amide bonds. The predicted octanol–water partition coefficient (Wildman–Crippen LogP) is 3.43. The van der Waals surface area contributed by atoms with Gasteiger partial charge >= 0.3 is 0 Å². The lowest BCUT2D eigenvalue weighted by Crippen LogP contribution is -2.37. The Morgan fingerprint density at radius 3 is 2.52 bits per heavy atom. The largest absolute Gasteiger partial charge is 0.497 e. The topological polar surface area (TPSA) is 50.8 Å². The van der Waals surface area contributed by atoms with Crippen molar-refractivity contribution in [3.8, 4) is 11.5 Å². The first-order valence-corrected chi connectivity index (χ1v) is 10.2. The summed E-state index contributed by atoms with van der Waals surface area (Å²) in [7, 11) is 1.66. The highest BCUT2D eigenvalue weighted by atomic mass is 19.1. The molecule has 1 fully saturated rings. The molecule has 0 spiro atoms. The van der Waals surface area contributed by atoms with Crippen LogP contribution in [0, 0.1) is 5.82 Å². The fourth-order valence-corrected chi connectivity index (χ4v) is 3.61. The monoisotopic (exact) mass is 400 g/mol. The summed E-state index contributed by atoms with van der Waals surface area (Å²) in [6, 6.07) is 14.3. The van der Waals surface area contributed by atoms with E-state index in [1.807, 2.05) is 17.0 Å². The van der Waals surface area contributed by atoms with Crippen LogP contribution < -0.4 is 14.8 Å². The van der Waals surface area contributed by atoms with Crippen molar-refractivity contribution >= 4 is 5.91 Å². The summed E-state index contributed by atoms with van der Waals surface area (Å²) >= 11 is 0. The lowest BCUT2D eigenvalue weighted by molar-refractivity contribution is -0.129. The Morgan fingerprint density at radius 1 is 1.07 bits per heavy atom. The maximum Gasteiger partial charge on any atom is 0.222 e. The Bertz CT molecular complexity index is 765. The van der Waals surface area contributed by atoms with Crippen LogP contribution in [-0.2, 0) is 11.2 Å². The van der Waals surface area contributed by atoms with Crippen molar-refractivity contribution in [1.82, 2.24) is 10.2 Å². The summed E-state index contributed by atoms with van der Waals surface area (Å²) in [5, 5.41) is 3.36. The summed E-state index contributed by atoms with van der Waals surface area (Å²) < 4.78 is 23.6. The molecule has 0 aromatic heterocycles. The smallest absolute Gasteiger partial charge is 0.222 e. The number of rotatable bonds is 11. The van der Waals surface area contributed by atoms with E-state index in [1.165, 1.54) is 17.7 Å². The highest BCUT2D eigenvalue weighted by Crippen LogP contribution is 2.22. The SMILES string of the molecule is COc1ccc(CCN2C(=O)CC[C@@H]2CCNCCOc2ccc(F)cc2)cc1. The molecule has 1 aliphatic rings. The second-order valence-electron chi connectivity index (χ2n) is 7.22. The number of carbonyl (C=O) groups is 1. The second-order valence-corrected chi connectivity index (χ2v) is 7.22. The summed E-state index contributed by atoms with van der Waals surface area (Å²) in [5.41, 5.74) is 1.21. The van der Waals surface area contributed by atoms with Gasteiger partial charge in [0.1, 0.15) is 23.9 Å². The van der Waals surface area contributed by atoms with Crippen LogP contribution in [0.5, 0.6) is 11.5 Å². The molecule has 1 aliphatic heterocycles. The molecule has 156 valence electrons. The number of ether oxygens (including phenoxy) is 2. The van der Waals surface area contributed by atoms with Crippen LogP contribution in [0.4, 0.5) is 4.39 Å². The van der Waals surface area contributed by atoms with Gasteiger partial charge in [0.15, 0.2) is 0 Å². The number of carbonyl (C=O) groups excluding carboxylic acids is 1. The number of methoxy groups -OCH3 is 1. The van der Waals surface area contributed by atoms with Gasteiger partial charge in [-0.2, -0.15) is 0 Å². The van der Waals surface area contributed by atoms with Crippen LogP contribution >= 0.6 is 0 Å². The number of hydrogen-bond donors (Lipinski definition) is 1. The molecule has 1 saturated heterocycles. The highest BCUT2D eigenvalue weighted by Gasteiger charge is 2.29. The number of benzene rings is 2. The summed E-state index contributed by atoms with van der Waals surface area (Å²) in [5.74, 6) is 1.50. The van der Waals surface area contributed by atoms with Crippen molar-refractivity contribution in [3.63, 3.8) is 0 Å².